The molecule has 2 aromatic heterocycles. The largest absolute Gasteiger partial charge is 0.511 e. The van der Waals surface area contributed by atoms with Gasteiger partial charge in [-0.1, -0.05) is 29.8 Å². The number of ether oxygens (including phenoxy) is 3. The van der Waals surface area contributed by atoms with Crippen LogP contribution in [-0.4, -0.2) is 53.7 Å². The quantitative estimate of drug-likeness (QED) is 0.331. The minimum Gasteiger partial charge on any atom is -0.435 e. The van der Waals surface area contributed by atoms with Crippen LogP contribution in [0.25, 0.3) is 10.9 Å². The van der Waals surface area contributed by atoms with Crippen molar-refractivity contribution in [2.45, 2.75) is 45.6 Å². The van der Waals surface area contributed by atoms with E-state index in [1.807, 2.05) is 28.8 Å². The van der Waals surface area contributed by atoms with Crippen LogP contribution in [0.15, 0.2) is 41.2 Å². The second-order valence-electron chi connectivity index (χ2n) is 8.62. The van der Waals surface area contributed by atoms with Gasteiger partial charge in [-0.15, -0.1) is 12.4 Å². The molecule has 2 atom stereocenters. The van der Waals surface area contributed by atoms with Crippen LogP contribution in [0.5, 0.6) is 0 Å². The summed E-state index contributed by atoms with van der Waals surface area (Å²) in [6, 6.07) is 10.9. The molecule has 200 valence electrons. The van der Waals surface area contributed by atoms with Crippen LogP contribution in [0.1, 0.15) is 42.7 Å². The van der Waals surface area contributed by atoms with Crippen molar-refractivity contribution in [2.24, 2.45) is 5.73 Å². The van der Waals surface area contributed by atoms with Crippen molar-refractivity contribution >= 4 is 52.9 Å². The summed E-state index contributed by atoms with van der Waals surface area (Å²) in [5, 5.41) is 1.15. The number of fused-ring (bicyclic) bond motifs is 1. The van der Waals surface area contributed by atoms with Crippen LogP contribution in [0.4, 0.5) is 10.6 Å². The minimum absolute atomic E-state index is 0. The van der Waals surface area contributed by atoms with Gasteiger partial charge in [0, 0.05) is 36.5 Å². The molecule has 3 aromatic rings. The Labute approximate surface area is 225 Å². The lowest BCUT2D eigenvalue weighted by atomic mass is 10.1. The number of aromatic amines is 1. The van der Waals surface area contributed by atoms with Crippen LogP contribution in [0.2, 0.25) is 5.02 Å². The smallest absolute Gasteiger partial charge is 0.435 e. The van der Waals surface area contributed by atoms with Crippen molar-refractivity contribution < 1.29 is 23.8 Å². The summed E-state index contributed by atoms with van der Waals surface area (Å²) in [4.78, 5) is 42.2. The molecule has 0 saturated carbocycles. The molecule has 1 unspecified atom stereocenters. The first-order valence-electron chi connectivity index (χ1n) is 11.8. The molecule has 3 N–H and O–H groups in total. The zero-order valence-corrected chi connectivity index (χ0v) is 22.1. The molecule has 0 aliphatic carbocycles. The highest BCUT2D eigenvalue weighted by molar-refractivity contribution is 6.31. The van der Waals surface area contributed by atoms with E-state index < -0.39 is 24.0 Å². The molecule has 4 rings (SSSR count). The van der Waals surface area contributed by atoms with Gasteiger partial charge in [0.15, 0.2) is 0 Å². The fourth-order valence-electron chi connectivity index (χ4n) is 4.37. The van der Waals surface area contributed by atoms with Gasteiger partial charge in [0.1, 0.15) is 17.0 Å². The van der Waals surface area contributed by atoms with E-state index in [2.05, 4.69) is 14.6 Å². The summed E-state index contributed by atoms with van der Waals surface area (Å²) in [6.45, 7) is 4.93. The number of hydrogen-bond donors (Lipinski definition) is 2. The van der Waals surface area contributed by atoms with E-state index in [1.165, 1.54) is 6.92 Å². The molecule has 3 heterocycles. The van der Waals surface area contributed by atoms with Gasteiger partial charge in [-0.3, -0.25) is 4.79 Å². The Morgan fingerprint density at radius 2 is 2.00 bits per heavy atom. The van der Waals surface area contributed by atoms with Gasteiger partial charge >= 0.3 is 12.1 Å². The Bertz CT molecular complexity index is 1320. The number of carbonyl (C=O) groups is 2. The molecular formula is C25H30Cl2N4O6. The first kappa shape index (κ1) is 28.4. The summed E-state index contributed by atoms with van der Waals surface area (Å²) in [5.41, 5.74) is 6.96. The maximum atomic E-state index is 13.2. The van der Waals surface area contributed by atoms with Crippen molar-refractivity contribution in [3.05, 3.63) is 63.0 Å². The number of benzene rings is 1. The molecule has 10 nitrogen and oxygen atoms in total. The number of halogens is 2. The van der Waals surface area contributed by atoms with E-state index in [0.29, 0.717) is 29.0 Å². The molecular weight excluding hydrogens is 523 g/mol. The van der Waals surface area contributed by atoms with E-state index in [4.69, 9.17) is 26.8 Å². The highest BCUT2D eigenvalue weighted by atomic mass is 35.5. The number of H-pyrrole nitrogens is 1. The van der Waals surface area contributed by atoms with E-state index in [9.17, 15) is 14.4 Å². The third kappa shape index (κ3) is 6.57. The Morgan fingerprint density at radius 1 is 1.24 bits per heavy atom. The molecule has 37 heavy (non-hydrogen) atoms. The second kappa shape index (κ2) is 12.4. The Morgan fingerprint density at radius 3 is 2.70 bits per heavy atom. The lowest BCUT2D eigenvalue weighted by molar-refractivity contribution is -0.0814. The van der Waals surface area contributed by atoms with Gasteiger partial charge in [0.05, 0.1) is 13.2 Å². The molecule has 1 saturated heterocycles. The standard InChI is InChI=1S/C25H29ClN4O6.ClH/c1-3-34-25(33)36-15(2)35-24(32)20-11-17-12-21(29-10-6-8-18(27)14-29)30(22(17)23(31)28-20)13-16-7-4-5-9-19(16)26;/h4-5,7,9,11-12,15,18H,3,6,8,10,13-14,27H2,1-2H3,(H,28,31);1H/t15?,18-;/m1./s1. The van der Waals surface area contributed by atoms with Crippen LogP contribution in [-0.2, 0) is 20.8 Å². The SMILES string of the molecule is CCOC(=O)OC(C)OC(=O)c1cc2cc(N3CCC[C@@H](N)C3)n(Cc3ccccc3Cl)c2c(=O)[nH]1.Cl. The fourth-order valence-corrected chi connectivity index (χ4v) is 4.56. The zero-order valence-electron chi connectivity index (χ0n) is 20.6. The number of nitrogens with two attached hydrogens (primary N) is 1. The summed E-state index contributed by atoms with van der Waals surface area (Å²) >= 11 is 6.43. The van der Waals surface area contributed by atoms with Crippen molar-refractivity contribution in [2.75, 3.05) is 24.6 Å². The normalized spacial score (nSPS) is 16.1. The number of esters is 1. The van der Waals surface area contributed by atoms with Crippen LogP contribution < -0.4 is 16.2 Å². The van der Waals surface area contributed by atoms with Gasteiger partial charge in [0.25, 0.3) is 5.56 Å². The number of pyridine rings is 1. The number of rotatable bonds is 7. The number of nitrogens with one attached hydrogen (secondary N) is 1. The first-order chi connectivity index (χ1) is 17.3. The van der Waals surface area contributed by atoms with E-state index in [-0.39, 0.29) is 30.7 Å². The topological polar surface area (TPSA) is 129 Å². The average molecular weight is 553 g/mol. The molecule has 12 heteroatoms. The summed E-state index contributed by atoms with van der Waals surface area (Å²) in [6.07, 6.45) is -0.293. The molecule has 1 aliphatic heterocycles. The maximum Gasteiger partial charge on any atom is 0.511 e. The number of piperidine rings is 1. The van der Waals surface area contributed by atoms with Gasteiger partial charge < -0.3 is 34.4 Å². The maximum absolute atomic E-state index is 13.2. The van der Waals surface area contributed by atoms with Gasteiger partial charge in [-0.2, -0.15) is 0 Å². The first-order valence-corrected chi connectivity index (χ1v) is 12.2. The van der Waals surface area contributed by atoms with E-state index in [0.717, 1.165) is 30.8 Å². The van der Waals surface area contributed by atoms with Gasteiger partial charge in [0.2, 0.25) is 6.29 Å². The van der Waals surface area contributed by atoms with Crippen LogP contribution >= 0.6 is 24.0 Å². The van der Waals surface area contributed by atoms with Crippen molar-refractivity contribution in [3.63, 3.8) is 0 Å². The lowest BCUT2D eigenvalue weighted by Crippen LogP contribution is -2.43. The number of anilines is 1. The molecule has 1 aliphatic rings. The molecule has 0 amide bonds. The fraction of sp³-hybridized carbons (Fsp3) is 0.400. The van der Waals surface area contributed by atoms with E-state index in [1.54, 1.807) is 19.1 Å². The number of nitrogens with zero attached hydrogens (tertiary/aromatic N) is 2. The van der Waals surface area contributed by atoms with Crippen LogP contribution in [0, 0.1) is 0 Å². The predicted octanol–water partition coefficient (Wildman–Crippen LogP) is 4.06. The lowest BCUT2D eigenvalue weighted by Gasteiger charge is -2.33. The number of aromatic nitrogens is 2. The molecule has 0 radical (unpaired) electrons. The Kier molecular flexibility index (Phi) is 9.47. The summed E-state index contributed by atoms with van der Waals surface area (Å²) in [5.74, 6) is -0.0266. The van der Waals surface area contributed by atoms with Crippen molar-refractivity contribution in [1.82, 2.24) is 9.55 Å². The zero-order chi connectivity index (χ0) is 25.8. The average Bonchev–Trinajstić information content (AvgIpc) is 3.19. The summed E-state index contributed by atoms with van der Waals surface area (Å²) in [7, 11) is 0. The third-order valence-electron chi connectivity index (χ3n) is 5.95. The van der Waals surface area contributed by atoms with Gasteiger partial charge in [-0.25, -0.2) is 9.59 Å². The Hall–Kier alpha value is -3.21. The molecule has 1 fully saturated rings. The van der Waals surface area contributed by atoms with Crippen molar-refractivity contribution in [1.29, 1.82) is 0 Å². The number of hydrogen-bond acceptors (Lipinski definition) is 8. The van der Waals surface area contributed by atoms with Crippen LogP contribution in [0.3, 0.4) is 0 Å². The van der Waals surface area contributed by atoms with E-state index >= 15 is 0 Å². The molecule has 0 spiro atoms. The van der Waals surface area contributed by atoms with Gasteiger partial charge in [-0.05, 0) is 43.5 Å². The predicted molar refractivity (Wildman–Crippen MR) is 143 cm³/mol. The monoisotopic (exact) mass is 552 g/mol. The number of carbonyl (C=O) groups excluding carboxylic acids is 2. The minimum atomic E-state index is -1.20. The Balaban J connectivity index is 0.00000380. The highest BCUT2D eigenvalue weighted by Gasteiger charge is 2.25. The summed E-state index contributed by atoms with van der Waals surface area (Å²) < 4.78 is 16.6. The molecule has 0 bridgehead atoms. The molecule has 1 aromatic carbocycles. The highest BCUT2D eigenvalue weighted by Crippen LogP contribution is 2.29. The third-order valence-corrected chi connectivity index (χ3v) is 6.32. The second-order valence-corrected chi connectivity index (χ2v) is 9.03. The van der Waals surface area contributed by atoms with Crippen molar-refractivity contribution in [3.8, 4) is 0 Å².